The largest absolute Gasteiger partial charge is 0.375 e. The summed E-state index contributed by atoms with van der Waals surface area (Å²) < 4.78 is 5.94. The molecule has 1 aliphatic carbocycles. The van der Waals surface area contributed by atoms with Crippen LogP contribution in [-0.4, -0.2) is 18.2 Å². The van der Waals surface area contributed by atoms with E-state index in [0.717, 1.165) is 31.6 Å². The van der Waals surface area contributed by atoms with Crippen LogP contribution in [0, 0.1) is 11.3 Å². The quantitative estimate of drug-likeness (QED) is 0.904. The lowest BCUT2D eigenvalue weighted by atomic mass is 9.74. The molecule has 100 valence electrons. The second-order valence-corrected chi connectivity index (χ2v) is 5.77. The van der Waals surface area contributed by atoms with Crippen molar-refractivity contribution in [3.8, 4) is 6.07 Å². The first-order valence-corrected chi connectivity index (χ1v) is 7.16. The molecule has 3 nitrogen and oxygen atoms in total. The smallest absolute Gasteiger partial charge is 0.0991 e. The van der Waals surface area contributed by atoms with Gasteiger partial charge in [0, 0.05) is 19.2 Å². The van der Waals surface area contributed by atoms with Gasteiger partial charge in [0.2, 0.25) is 0 Å². The van der Waals surface area contributed by atoms with Crippen molar-refractivity contribution < 1.29 is 4.74 Å². The highest BCUT2D eigenvalue weighted by Gasteiger charge is 2.42. The number of benzene rings is 1. The molecule has 1 saturated heterocycles. The van der Waals surface area contributed by atoms with E-state index in [0.29, 0.717) is 6.04 Å². The van der Waals surface area contributed by atoms with Crippen LogP contribution >= 0.6 is 0 Å². The average molecular weight is 256 g/mol. The van der Waals surface area contributed by atoms with E-state index in [1.807, 2.05) is 18.2 Å². The molecule has 1 N–H and O–H groups in total. The Morgan fingerprint density at radius 3 is 3.05 bits per heavy atom. The summed E-state index contributed by atoms with van der Waals surface area (Å²) in [7, 11) is 0. The zero-order valence-corrected chi connectivity index (χ0v) is 11.2. The predicted molar refractivity (Wildman–Crippen MR) is 73.6 cm³/mol. The monoisotopic (exact) mass is 256 g/mol. The minimum Gasteiger partial charge on any atom is -0.375 e. The molecule has 0 amide bonds. The Labute approximate surface area is 114 Å². The van der Waals surface area contributed by atoms with Crippen LogP contribution in [-0.2, 0) is 11.3 Å². The van der Waals surface area contributed by atoms with Crippen LogP contribution in [0.2, 0.25) is 0 Å². The SMILES string of the molecule is N#Cc1cccc(CNC2CCOC3(CCC3)C2)c1. The Kier molecular flexibility index (Phi) is 3.54. The summed E-state index contributed by atoms with van der Waals surface area (Å²) in [5, 5.41) is 12.5. The number of hydrogen-bond donors (Lipinski definition) is 1. The molecule has 2 aliphatic rings. The number of nitrogens with one attached hydrogen (secondary N) is 1. The van der Waals surface area contributed by atoms with Gasteiger partial charge in [-0.25, -0.2) is 0 Å². The Hall–Kier alpha value is -1.37. The molecule has 3 rings (SSSR count). The van der Waals surface area contributed by atoms with Crippen molar-refractivity contribution in [1.29, 1.82) is 5.26 Å². The second kappa shape index (κ2) is 5.32. The molecule has 1 saturated carbocycles. The molecule has 1 aromatic rings. The highest BCUT2D eigenvalue weighted by molar-refractivity contribution is 5.32. The Morgan fingerprint density at radius 2 is 2.32 bits per heavy atom. The summed E-state index contributed by atoms with van der Waals surface area (Å²) in [5.74, 6) is 0. The lowest BCUT2D eigenvalue weighted by molar-refractivity contribution is -0.135. The molecular weight excluding hydrogens is 236 g/mol. The van der Waals surface area contributed by atoms with Gasteiger partial charge in [0.1, 0.15) is 0 Å². The number of nitriles is 1. The van der Waals surface area contributed by atoms with Gasteiger partial charge < -0.3 is 10.1 Å². The Bertz CT molecular complexity index is 488. The minimum absolute atomic E-state index is 0.199. The lowest BCUT2D eigenvalue weighted by Gasteiger charge is -2.47. The van der Waals surface area contributed by atoms with Gasteiger partial charge >= 0.3 is 0 Å². The molecular formula is C16H20N2O. The van der Waals surface area contributed by atoms with Crippen molar-refractivity contribution in [2.75, 3.05) is 6.61 Å². The molecule has 1 unspecified atom stereocenters. The van der Waals surface area contributed by atoms with E-state index in [1.165, 1.54) is 24.8 Å². The molecule has 19 heavy (non-hydrogen) atoms. The van der Waals surface area contributed by atoms with Gasteiger partial charge in [-0.2, -0.15) is 5.26 Å². The highest BCUT2D eigenvalue weighted by Crippen LogP contribution is 2.42. The Morgan fingerprint density at radius 1 is 1.42 bits per heavy atom. The normalized spacial score (nSPS) is 24.7. The van der Waals surface area contributed by atoms with Crippen LogP contribution in [0.4, 0.5) is 0 Å². The van der Waals surface area contributed by atoms with E-state index in [2.05, 4.69) is 17.5 Å². The van der Waals surface area contributed by atoms with Crippen molar-refractivity contribution in [3.63, 3.8) is 0 Å². The second-order valence-electron chi connectivity index (χ2n) is 5.77. The number of hydrogen-bond acceptors (Lipinski definition) is 3. The fourth-order valence-electron chi connectivity index (χ4n) is 3.13. The van der Waals surface area contributed by atoms with E-state index in [-0.39, 0.29) is 5.60 Å². The third-order valence-electron chi connectivity index (χ3n) is 4.41. The first kappa shape index (κ1) is 12.7. The summed E-state index contributed by atoms with van der Waals surface area (Å²) in [6.07, 6.45) is 6.02. The zero-order valence-electron chi connectivity index (χ0n) is 11.2. The van der Waals surface area contributed by atoms with Crippen molar-refractivity contribution in [3.05, 3.63) is 35.4 Å². The molecule has 0 radical (unpaired) electrons. The topological polar surface area (TPSA) is 45.0 Å². The van der Waals surface area contributed by atoms with Crippen molar-refractivity contribution in [2.24, 2.45) is 0 Å². The van der Waals surface area contributed by atoms with E-state index < -0.39 is 0 Å². The first-order valence-electron chi connectivity index (χ1n) is 7.16. The van der Waals surface area contributed by atoms with Gasteiger partial charge in [0.25, 0.3) is 0 Å². The summed E-state index contributed by atoms with van der Waals surface area (Å²) in [6.45, 7) is 1.73. The molecule has 0 bridgehead atoms. The maximum atomic E-state index is 8.90. The number of nitrogens with zero attached hydrogens (tertiary/aromatic N) is 1. The summed E-state index contributed by atoms with van der Waals surface area (Å²) >= 11 is 0. The van der Waals surface area contributed by atoms with Crippen LogP contribution in [0.5, 0.6) is 0 Å². The van der Waals surface area contributed by atoms with E-state index in [1.54, 1.807) is 0 Å². The van der Waals surface area contributed by atoms with Crippen LogP contribution in [0.1, 0.15) is 43.2 Å². The predicted octanol–water partition coefficient (Wildman–Crippen LogP) is 2.75. The first-order chi connectivity index (χ1) is 9.30. The fourth-order valence-corrected chi connectivity index (χ4v) is 3.13. The van der Waals surface area contributed by atoms with Gasteiger partial charge in [0.05, 0.1) is 17.2 Å². The van der Waals surface area contributed by atoms with E-state index in [9.17, 15) is 0 Å². The standard InChI is InChI=1S/C16H20N2O/c17-11-13-3-1-4-14(9-13)12-18-15-5-8-19-16(10-15)6-2-7-16/h1,3-4,9,15,18H,2,5-8,10,12H2. The third-order valence-corrected chi connectivity index (χ3v) is 4.41. The van der Waals surface area contributed by atoms with Crippen LogP contribution < -0.4 is 5.32 Å². The van der Waals surface area contributed by atoms with Crippen LogP contribution in [0.15, 0.2) is 24.3 Å². The number of ether oxygens (including phenoxy) is 1. The summed E-state index contributed by atoms with van der Waals surface area (Å²) in [4.78, 5) is 0. The fraction of sp³-hybridized carbons (Fsp3) is 0.562. The molecule has 1 heterocycles. The maximum Gasteiger partial charge on any atom is 0.0991 e. The molecule has 2 fully saturated rings. The van der Waals surface area contributed by atoms with Gasteiger partial charge in [0.15, 0.2) is 0 Å². The maximum absolute atomic E-state index is 8.90. The van der Waals surface area contributed by atoms with Crippen LogP contribution in [0.25, 0.3) is 0 Å². The highest BCUT2D eigenvalue weighted by atomic mass is 16.5. The molecule has 1 aromatic carbocycles. The summed E-state index contributed by atoms with van der Waals surface area (Å²) in [5.41, 5.74) is 2.12. The molecule has 1 atom stereocenters. The van der Waals surface area contributed by atoms with Crippen molar-refractivity contribution in [1.82, 2.24) is 5.32 Å². The molecule has 1 aliphatic heterocycles. The van der Waals surface area contributed by atoms with Gasteiger partial charge in [-0.1, -0.05) is 12.1 Å². The van der Waals surface area contributed by atoms with Crippen LogP contribution in [0.3, 0.4) is 0 Å². The molecule has 0 aromatic heterocycles. The van der Waals surface area contributed by atoms with Crippen molar-refractivity contribution in [2.45, 2.75) is 50.3 Å². The summed E-state index contributed by atoms with van der Waals surface area (Å²) in [6, 6.07) is 10.6. The van der Waals surface area contributed by atoms with Gasteiger partial charge in [-0.05, 0) is 49.8 Å². The van der Waals surface area contributed by atoms with Gasteiger partial charge in [-0.15, -0.1) is 0 Å². The average Bonchev–Trinajstić information content (AvgIpc) is 2.44. The molecule has 3 heteroatoms. The Balaban J connectivity index is 1.55. The lowest BCUT2D eigenvalue weighted by Crippen LogP contribution is -2.50. The van der Waals surface area contributed by atoms with Crippen molar-refractivity contribution >= 4 is 0 Å². The van der Waals surface area contributed by atoms with Gasteiger partial charge in [-0.3, -0.25) is 0 Å². The van der Waals surface area contributed by atoms with E-state index in [4.69, 9.17) is 10.00 Å². The number of rotatable bonds is 3. The zero-order chi connectivity index (χ0) is 13.1. The molecule has 1 spiro atoms. The minimum atomic E-state index is 0.199. The van der Waals surface area contributed by atoms with E-state index >= 15 is 0 Å². The third kappa shape index (κ3) is 2.80.